The Balaban J connectivity index is 2.17. The van der Waals surface area contributed by atoms with Gasteiger partial charge in [-0.1, -0.05) is 43.0 Å². The third-order valence-electron chi connectivity index (χ3n) is 4.47. The van der Waals surface area contributed by atoms with Gasteiger partial charge in [0.1, 0.15) is 0 Å². The van der Waals surface area contributed by atoms with E-state index in [0.29, 0.717) is 15.5 Å². The molecule has 3 rings (SSSR count). The van der Waals surface area contributed by atoms with Gasteiger partial charge in [-0.2, -0.15) is 0 Å². The van der Waals surface area contributed by atoms with Crippen molar-refractivity contribution in [3.63, 3.8) is 0 Å². The van der Waals surface area contributed by atoms with Crippen LogP contribution in [0.15, 0.2) is 29.8 Å². The van der Waals surface area contributed by atoms with E-state index in [1.54, 1.807) is 24.3 Å². The van der Waals surface area contributed by atoms with Crippen LogP contribution in [0.25, 0.3) is 4.91 Å². The highest BCUT2D eigenvalue weighted by Crippen LogP contribution is 2.44. The molecule has 1 heterocycles. The molecule has 0 radical (unpaired) electrons. The first-order valence-electron chi connectivity index (χ1n) is 7.22. The van der Waals surface area contributed by atoms with Crippen LogP contribution in [0.5, 0.6) is 0 Å². The lowest BCUT2D eigenvalue weighted by Crippen LogP contribution is -2.47. The van der Waals surface area contributed by atoms with Crippen LogP contribution in [-0.2, 0) is 10.0 Å². The monoisotopic (exact) mass is 326 g/mol. The minimum Gasteiger partial charge on any atom is -0.327 e. The highest BCUT2D eigenvalue weighted by Gasteiger charge is 2.48. The van der Waals surface area contributed by atoms with Gasteiger partial charge in [0.05, 0.1) is 10.4 Å². The van der Waals surface area contributed by atoms with Gasteiger partial charge in [-0.15, -0.1) is 0 Å². The third-order valence-corrected chi connectivity index (χ3v) is 6.40. The summed E-state index contributed by atoms with van der Waals surface area (Å²) in [6.45, 7) is 0.254. The number of nitrogens with one attached hydrogen (secondary N) is 1. The molecule has 1 aliphatic carbocycles. The number of sulfonamides is 1. The molecule has 1 spiro atoms. The Morgan fingerprint density at radius 1 is 1.14 bits per heavy atom. The summed E-state index contributed by atoms with van der Waals surface area (Å²) in [7, 11) is -3.52. The van der Waals surface area contributed by atoms with Gasteiger partial charge in [-0.3, -0.25) is 0 Å². The van der Waals surface area contributed by atoms with Crippen LogP contribution in [0.3, 0.4) is 0 Å². The van der Waals surface area contributed by atoms with Crippen molar-refractivity contribution in [3.8, 4) is 0 Å². The molecule has 1 saturated carbocycles. The minimum atomic E-state index is -3.52. The second-order valence-electron chi connectivity index (χ2n) is 5.77. The topological polar surface area (TPSA) is 72.2 Å². The molecular weight excluding hydrogens is 308 g/mol. The van der Waals surface area contributed by atoms with E-state index in [4.69, 9.17) is 17.3 Å². The first kappa shape index (κ1) is 15.0. The molecule has 4 nitrogen and oxygen atoms in total. The maximum absolute atomic E-state index is 12.6. The van der Waals surface area contributed by atoms with E-state index >= 15 is 0 Å². The van der Waals surface area contributed by atoms with E-state index < -0.39 is 15.6 Å². The summed E-state index contributed by atoms with van der Waals surface area (Å²) < 4.78 is 28.2. The number of nitrogens with two attached hydrogens (primary N) is 1. The second kappa shape index (κ2) is 5.39. The van der Waals surface area contributed by atoms with E-state index in [2.05, 4.69) is 4.72 Å². The maximum atomic E-state index is 12.6. The maximum Gasteiger partial charge on any atom is 0.242 e. The Morgan fingerprint density at radius 3 is 2.33 bits per heavy atom. The summed E-state index contributed by atoms with van der Waals surface area (Å²) >= 11 is 5.90. The zero-order valence-electron chi connectivity index (χ0n) is 11.7. The van der Waals surface area contributed by atoms with Crippen molar-refractivity contribution >= 4 is 26.5 Å². The van der Waals surface area contributed by atoms with Gasteiger partial charge in [-0.25, -0.2) is 13.1 Å². The highest BCUT2D eigenvalue weighted by molar-refractivity contribution is 7.99. The standard InChI is InChI=1S/C15H19ClN2O2S/c16-12-6-4-11(5-7-12)14-13(10-17)15(18-21(14,19)20)8-2-1-3-9-15/h4-7,18H,1-3,8-10,17H2. The summed E-state index contributed by atoms with van der Waals surface area (Å²) in [5.41, 5.74) is 6.94. The van der Waals surface area contributed by atoms with Crippen LogP contribution in [-0.4, -0.2) is 20.5 Å². The molecule has 3 N–H and O–H groups in total. The van der Waals surface area contributed by atoms with Gasteiger partial charge in [0.2, 0.25) is 10.0 Å². The van der Waals surface area contributed by atoms with Crippen LogP contribution < -0.4 is 10.5 Å². The van der Waals surface area contributed by atoms with Crippen LogP contribution >= 0.6 is 11.6 Å². The molecule has 0 atom stereocenters. The molecule has 0 amide bonds. The molecule has 6 heteroatoms. The summed E-state index contributed by atoms with van der Waals surface area (Å²) in [5.74, 6) is 0. The molecule has 2 aliphatic rings. The van der Waals surface area contributed by atoms with E-state index in [1.165, 1.54) is 0 Å². The summed E-state index contributed by atoms with van der Waals surface area (Å²) in [5, 5.41) is 0.587. The molecule has 1 aliphatic heterocycles. The fourth-order valence-corrected chi connectivity index (χ4v) is 5.65. The average molecular weight is 327 g/mol. The van der Waals surface area contributed by atoms with Gasteiger partial charge in [0, 0.05) is 11.6 Å². The van der Waals surface area contributed by atoms with Crippen LogP contribution in [0, 0.1) is 0 Å². The lowest BCUT2D eigenvalue weighted by Gasteiger charge is -2.35. The number of halogens is 1. The average Bonchev–Trinajstić information content (AvgIpc) is 2.67. The third kappa shape index (κ3) is 2.52. The van der Waals surface area contributed by atoms with Gasteiger partial charge < -0.3 is 5.73 Å². The number of rotatable bonds is 2. The van der Waals surface area contributed by atoms with Gasteiger partial charge in [0.25, 0.3) is 0 Å². The van der Waals surface area contributed by atoms with Gasteiger partial charge in [-0.05, 0) is 36.1 Å². The van der Waals surface area contributed by atoms with E-state index in [0.717, 1.165) is 37.7 Å². The van der Waals surface area contributed by atoms with Crippen LogP contribution in [0.1, 0.15) is 37.7 Å². The van der Waals surface area contributed by atoms with Crippen molar-refractivity contribution in [1.82, 2.24) is 4.72 Å². The Bertz CT molecular complexity index is 674. The fourth-order valence-electron chi connectivity index (χ4n) is 3.53. The Morgan fingerprint density at radius 2 is 1.76 bits per heavy atom. The summed E-state index contributed by atoms with van der Waals surface area (Å²) in [6, 6.07) is 6.90. The minimum absolute atomic E-state index is 0.254. The Hall–Kier alpha value is -0.880. The van der Waals surface area contributed by atoms with E-state index in [1.807, 2.05) is 0 Å². The number of hydrogen-bond donors (Lipinski definition) is 2. The highest BCUT2D eigenvalue weighted by atomic mass is 35.5. The zero-order chi connectivity index (χ0) is 15.1. The molecule has 1 fully saturated rings. The van der Waals surface area contributed by atoms with Crippen molar-refractivity contribution < 1.29 is 8.42 Å². The molecule has 0 saturated heterocycles. The SMILES string of the molecule is NCC1=C(c2ccc(Cl)cc2)S(=O)(=O)NC12CCCCC2. The van der Waals surface area contributed by atoms with Gasteiger partial charge >= 0.3 is 0 Å². The van der Waals surface area contributed by atoms with Crippen molar-refractivity contribution in [3.05, 3.63) is 40.4 Å². The van der Waals surface area contributed by atoms with E-state index in [9.17, 15) is 8.42 Å². The van der Waals surface area contributed by atoms with Crippen LogP contribution in [0.2, 0.25) is 5.02 Å². The Kier molecular flexibility index (Phi) is 3.86. The zero-order valence-corrected chi connectivity index (χ0v) is 13.3. The van der Waals surface area contributed by atoms with E-state index in [-0.39, 0.29) is 6.54 Å². The van der Waals surface area contributed by atoms with Crippen molar-refractivity contribution in [2.24, 2.45) is 5.73 Å². The molecule has 21 heavy (non-hydrogen) atoms. The van der Waals surface area contributed by atoms with Crippen LogP contribution in [0.4, 0.5) is 0 Å². The van der Waals surface area contributed by atoms with Crippen molar-refractivity contribution in [1.29, 1.82) is 0 Å². The molecule has 1 aromatic carbocycles. The molecule has 0 unspecified atom stereocenters. The van der Waals surface area contributed by atoms with Gasteiger partial charge in [0.15, 0.2) is 0 Å². The number of hydrogen-bond acceptors (Lipinski definition) is 3. The lowest BCUT2D eigenvalue weighted by atomic mass is 9.76. The first-order valence-corrected chi connectivity index (χ1v) is 9.08. The largest absolute Gasteiger partial charge is 0.327 e. The fraction of sp³-hybridized carbons (Fsp3) is 0.467. The predicted molar refractivity (Wildman–Crippen MR) is 85.3 cm³/mol. The molecule has 114 valence electrons. The summed E-state index contributed by atoms with van der Waals surface area (Å²) in [6.07, 6.45) is 4.86. The second-order valence-corrected chi connectivity index (χ2v) is 7.82. The normalized spacial score (nSPS) is 23.7. The molecule has 0 bridgehead atoms. The quantitative estimate of drug-likeness (QED) is 0.877. The smallest absolute Gasteiger partial charge is 0.242 e. The lowest BCUT2D eigenvalue weighted by molar-refractivity contribution is 0.318. The van der Waals surface area contributed by atoms with Crippen molar-refractivity contribution in [2.75, 3.05) is 6.54 Å². The van der Waals surface area contributed by atoms with Crippen molar-refractivity contribution in [2.45, 2.75) is 37.6 Å². The molecule has 0 aromatic heterocycles. The first-order chi connectivity index (χ1) is 9.98. The number of benzene rings is 1. The predicted octanol–water partition coefficient (Wildman–Crippen LogP) is 2.65. The Labute approximate surface area is 130 Å². The molecule has 1 aromatic rings. The summed E-state index contributed by atoms with van der Waals surface area (Å²) in [4.78, 5) is 0.351. The molecular formula is C15H19ClN2O2S.